The number of carbonyl (C=O) groups excluding carboxylic acids is 1. The Hall–Kier alpha value is -1.95. The van der Waals surface area contributed by atoms with Crippen LogP contribution in [0, 0.1) is 11.8 Å². The van der Waals surface area contributed by atoms with Gasteiger partial charge in [0.05, 0.1) is 18.1 Å². The average molecular weight is 355 g/mol. The first-order chi connectivity index (χ1) is 11.4. The van der Waals surface area contributed by atoms with Crippen LogP contribution in [0.5, 0.6) is 5.75 Å². The van der Waals surface area contributed by atoms with Crippen molar-refractivity contribution >= 4 is 23.6 Å². The van der Waals surface area contributed by atoms with E-state index in [1.807, 2.05) is 19.1 Å². The van der Waals surface area contributed by atoms with Gasteiger partial charge in [0, 0.05) is 19.6 Å². The molecule has 1 fully saturated rings. The topological polar surface area (TPSA) is 78.9 Å². The van der Waals surface area contributed by atoms with E-state index in [-0.39, 0.29) is 18.5 Å². The van der Waals surface area contributed by atoms with Crippen LogP contribution in [0.3, 0.4) is 0 Å². The van der Waals surface area contributed by atoms with Gasteiger partial charge in [-0.2, -0.15) is 0 Å². The van der Waals surface area contributed by atoms with Gasteiger partial charge in [-0.1, -0.05) is 24.6 Å². The molecule has 0 aromatic heterocycles. The molecule has 1 aliphatic rings. The standard InChI is InChI=1S/C17H23ClN2O4/c1-11-7-13(16(21)22)10-20(9-11)17(23)19-6-5-12-3-4-14(18)15(8-12)24-2/h3-4,8,11,13H,5-7,9-10H2,1-2H3,(H,19,23)(H,21,22). The maximum atomic E-state index is 12.3. The fraction of sp³-hybridized carbons (Fsp3) is 0.529. The molecule has 132 valence electrons. The van der Waals surface area contributed by atoms with E-state index in [1.165, 1.54) is 0 Å². The molecule has 1 saturated heterocycles. The van der Waals surface area contributed by atoms with Crippen LogP contribution in [-0.2, 0) is 11.2 Å². The Balaban J connectivity index is 1.85. The van der Waals surface area contributed by atoms with Crippen LogP contribution in [0.4, 0.5) is 4.79 Å². The highest BCUT2D eigenvalue weighted by molar-refractivity contribution is 6.32. The van der Waals surface area contributed by atoms with Crippen molar-refractivity contribution in [2.75, 3.05) is 26.7 Å². The number of ether oxygens (including phenoxy) is 1. The summed E-state index contributed by atoms with van der Waals surface area (Å²) in [4.78, 5) is 25.0. The summed E-state index contributed by atoms with van der Waals surface area (Å²) in [6.45, 7) is 3.28. The third kappa shape index (κ3) is 4.77. The molecule has 2 amide bonds. The van der Waals surface area contributed by atoms with Gasteiger partial charge in [0.1, 0.15) is 5.75 Å². The SMILES string of the molecule is COc1cc(CCNC(=O)N2CC(C)CC(C(=O)O)C2)ccc1Cl. The largest absolute Gasteiger partial charge is 0.495 e. The molecule has 7 heteroatoms. The minimum absolute atomic E-state index is 0.186. The Morgan fingerprint density at radius 2 is 2.17 bits per heavy atom. The van der Waals surface area contributed by atoms with Gasteiger partial charge in [-0.25, -0.2) is 4.79 Å². The van der Waals surface area contributed by atoms with Gasteiger partial charge in [-0.15, -0.1) is 0 Å². The van der Waals surface area contributed by atoms with Crippen LogP contribution in [0.25, 0.3) is 0 Å². The number of carbonyl (C=O) groups is 2. The monoisotopic (exact) mass is 354 g/mol. The van der Waals surface area contributed by atoms with Gasteiger partial charge < -0.3 is 20.1 Å². The molecule has 1 aromatic rings. The molecular formula is C17H23ClN2O4. The number of halogens is 1. The summed E-state index contributed by atoms with van der Waals surface area (Å²) in [6, 6.07) is 5.29. The number of benzene rings is 1. The highest BCUT2D eigenvalue weighted by atomic mass is 35.5. The van der Waals surface area contributed by atoms with Crippen LogP contribution in [0.1, 0.15) is 18.9 Å². The zero-order chi connectivity index (χ0) is 17.7. The van der Waals surface area contributed by atoms with Crippen molar-refractivity contribution in [1.82, 2.24) is 10.2 Å². The lowest BCUT2D eigenvalue weighted by atomic mass is 9.91. The van der Waals surface area contributed by atoms with E-state index >= 15 is 0 Å². The number of hydrogen-bond acceptors (Lipinski definition) is 3. The van der Waals surface area contributed by atoms with Crippen LogP contribution >= 0.6 is 11.6 Å². The summed E-state index contributed by atoms with van der Waals surface area (Å²) in [7, 11) is 1.56. The van der Waals surface area contributed by atoms with E-state index in [9.17, 15) is 14.7 Å². The number of piperidine rings is 1. The van der Waals surface area contributed by atoms with Gasteiger partial charge in [0.25, 0.3) is 0 Å². The third-order valence-electron chi connectivity index (χ3n) is 4.20. The van der Waals surface area contributed by atoms with E-state index in [0.717, 1.165) is 5.56 Å². The summed E-state index contributed by atoms with van der Waals surface area (Å²) in [5, 5.41) is 12.6. The minimum Gasteiger partial charge on any atom is -0.495 e. The Morgan fingerprint density at radius 1 is 1.42 bits per heavy atom. The molecule has 24 heavy (non-hydrogen) atoms. The van der Waals surface area contributed by atoms with Gasteiger partial charge in [-0.05, 0) is 36.5 Å². The molecule has 2 atom stereocenters. The van der Waals surface area contributed by atoms with Crippen molar-refractivity contribution in [3.05, 3.63) is 28.8 Å². The number of aliphatic carboxylic acids is 1. The van der Waals surface area contributed by atoms with Crippen molar-refractivity contribution < 1.29 is 19.4 Å². The van der Waals surface area contributed by atoms with Crippen LogP contribution in [0.2, 0.25) is 5.02 Å². The Kier molecular flexibility index (Phi) is 6.31. The first-order valence-corrected chi connectivity index (χ1v) is 8.36. The molecular weight excluding hydrogens is 332 g/mol. The molecule has 2 rings (SSSR count). The number of hydrogen-bond donors (Lipinski definition) is 2. The zero-order valence-electron chi connectivity index (χ0n) is 13.9. The van der Waals surface area contributed by atoms with Gasteiger partial charge >= 0.3 is 12.0 Å². The second-order valence-electron chi connectivity index (χ2n) is 6.23. The van der Waals surface area contributed by atoms with E-state index in [0.29, 0.717) is 36.7 Å². The number of amides is 2. The van der Waals surface area contributed by atoms with Crippen molar-refractivity contribution in [3.63, 3.8) is 0 Å². The molecule has 1 heterocycles. The summed E-state index contributed by atoms with van der Waals surface area (Å²) < 4.78 is 5.17. The molecule has 0 aliphatic carbocycles. The maximum Gasteiger partial charge on any atom is 0.317 e. The van der Waals surface area contributed by atoms with Gasteiger partial charge in [0.2, 0.25) is 0 Å². The van der Waals surface area contributed by atoms with Gasteiger partial charge in [0.15, 0.2) is 0 Å². The lowest BCUT2D eigenvalue weighted by Gasteiger charge is -2.34. The second kappa shape index (κ2) is 8.24. The Bertz CT molecular complexity index is 608. The first-order valence-electron chi connectivity index (χ1n) is 7.98. The van der Waals surface area contributed by atoms with Crippen molar-refractivity contribution in [2.24, 2.45) is 11.8 Å². The summed E-state index contributed by atoms with van der Waals surface area (Å²) in [5.41, 5.74) is 1.01. The van der Waals surface area contributed by atoms with Crippen molar-refractivity contribution in [3.8, 4) is 5.75 Å². The lowest BCUT2D eigenvalue weighted by molar-refractivity contribution is -0.143. The van der Waals surface area contributed by atoms with Gasteiger partial charge in [-0.3, -0.25) is 4.79 Å². The molecule has 0 radical (unpaired) electrons. The molecule has 1 aromatic carbocycles. The number of carboxylic acid groups (broad SMARTS) is 1. The molecule has 2 N–H and O–H groups in total. The molecule has 0 saturated carbocycles. The van der Waals surface area contributed by atoms with E-state index < -0.39 is 11.9 Å². The van der Waals surface area contributed by atoms with Crippen LogP contribution in [-0.4, -0.2) is 48.8 Å². The summed E-state index contributed by atoms with van der Waals surface area (Å²) >= 11 is 5.99. The summed E-state index contributed by atoms with van der Waals surface area (Å²) in [5.74, 6) is -0.534. The molecule has 2 unspecified atom stereocenters. The number of nitrogens with one attached hydrogen (secondary N) is 1. The minimum atomic E-state index is -0.840. The average Bonchev–Trinajstić information content (AvgIpc) is 2.55. The number of likely N-dealkylation sites (tertiary alicyclic amines) is 1. The number of methoxy groups -OCH3 is 1. The number of urea groups is 1. The second-order valence-corrected chi connectivity index (χ2v) is 6.64. The number of carboxylic acids is 1. The zero-order valence-corrected chi connectivity index (χ0v) is 14.7. The predicted molar refractivity (Wildman–Crippen MR) is 91.6 cm³/mol. The molecule has 6 nitrogen and oxygen atoms in total. The van der Waals surface area contributed by atoms with Crippen LogP contribution < -0.4 is 10.1 Å². The molecule has 0 spiro atoms. The van der Waals surface area contributed by atoms with E-state index in [4.69, 9.17) is 16.3 Å². The van der Waals surface area contributed by atoms with Crippen LogP contribution in [0.15, 0.2) is 18.2 Å². The Labute approximate surface area is 146 Å². The fourth-order valence-electron chi connectivity index (χ4n) is 2.98. The molecule has 0 bridgehead atoms. The predicted octanol–water partition coefficient (Wildman–Crippen LogP) is 2.64. The quantitative estimate of drug-likeness (QED) is 0.852. The van der Waals surface area contributed by atoms with E-state index in [2.05, 4.69) is 5.32 Å². The van der Waals surface area contributed by atoms with Crippen molar-refractivity contribution in [2.45, 2.75) is 19.8 Å². The first kappa shape index (κ1) is 18.4. The normalized spacial score (nSPS) is 20.5. The Morgan fingerprint density at radius 3 is 2.83 bits per heavy atom. The summed E-state index contributed by atoms with van der Waals surface area (Å²) in [6.07, 6.45) is 1.26. The highest BCUT2D eigenvalue weighted by Gasteiger charge is 2.31. The number of rotatable bonds is 5. The fourth-order valence-corrected chi connectivity index (χ4v) is 3.18. The third-order valence-corrected chi connectivity index (χ3v) is 4.51. The maximum absolute atomic E-state index is 12.3. The van der Waals surface area contributed by atoms with E-state index in [1.54, 1.807) is 18.1 Å². The molecule has 1 aliphatic heterocycles. The van der Waals surface area contributed by atoms with Crippen molar-refractivity contribution in [1.29, 1.82) is 0 Å². The smallest absolute Gasteiger partial charge is 0.317 e. The highest BCUT2D eigenvalue weighted by Crippen LogP contribution is 2.25. The lowest BCUT2D eigenvalue weighted by Crippen LogP contribution is -2.49. The number of nitrogens with zero attached hydrogens (tertiary/aromatic N) is 1.